The topological polar surface area (TPSA) is 54.0 Å². The number of nitrogens with one attached hydrogen (secondary N) is 2. The van der Waals surface area contributed by atoms with Gasteiger partial charge in [0.05, 0.1) is 17.9 Å². The summed E-state index contributed by atoms with van der Waals surface area (Å²) in [5.41, 5.74) is 1.84. The van der Waals surface area contributed by atoms with E-state index < -0.39 is 0 Å². The van der Waals surface area contributed by atoms with Crippen molar-refractivity contribution in [2.75, 3.05) is 11.9 Å². The van der Waals surface area contributed by atoms with Gasteiger partial charge in [0.25, 0.3) is 0 Å². The van der Waals surface area contributed by atoms with Crippen LogP contribution in [0.3, 0.4) is 0 Å². The zero-order valence-corrected chi connectivity index (χ0v) is 9.66. The van der Waals surface area contributed by atoms with Crippen LogP contribution in [0.2, 0.25) is 0 Å². The Labute approximate surface area is 95.5 Å². The first kappa shape index (κ1) is 11.1. The lowest BCUT2D eigenvalue weighted by molar-refractivity contribution is -0.118. The van der Waals surface area contributed by atoms with E-state index in [0.29, 0.717) is 5.92 Å². The van der Waals surface area contributed by atoms with Gasteiger partial charge in [0.1, 0.15) is 0 Å². The first-order chi connectivity index (χ1) is 7.68. The Hall–Kier alpha value is -1.42. The van der Waals surface area contributed by atoms with Gasteiger partial charge in [-0.25, -0.2) is 0 Å². The van der Waals surface area contributed by atoms with Gasteiger partial charge in [0.2, 0.25) is 5.91 Å². The molecule has 1 aliphatic rings. The molecule has 4 nitrogen and oxygen atoms in total. The van der Waals surface area contributed by atoms with Gasteiger partial charge in [0, 0.05) is 6.20 Å². The van der Waals surface area contributed by atoms with E-state index in [1.54, 1.807) is 12.4 Å². The van der Waals surface area contributed by atoms with E-state index >= 15 is 0 Å². The highest BCUT2D eigenvalue weighted by Gasteiger charge is 2.29. The van der Waals surface area contributed by atoms with Gasteiger partial charge >= 0.3 is 0 Å². The number of hydrogen-bond donors (Lipinski definition) is 2. The van der Waals surface area contributed by atoms with Crippen molar-refractivity contribution in [3.63, 3.8) is 0 Å². The third-order valence-corrected chi connectivity index (χ3v) is 3.11. The van der Waals surface area contributed by atoms with E-state index in [9.17, 15) is 4.79 Å². The minimum Gasteiger partial charge on any atom is -0.323 e. The van der Waals surface area contributed by atoms with E-state index in [1.807, 2.05) is 13.0 Å². The molecule has 1 aliphatic heterocycles. The molecular weight excluding hydrogens is 202 g/mol. The molecule has 0 aromatic carbocycles. The lowest BCUT2D eigenvalue weighted by atomic mass is 10.0. The van der Waals surface area contributed by atoms with Gasteiger partial charge in [-0.05, 0) is 37.4 Å². The summed E-state index contributed by atoms with van der Waals surface area (Å²) in [5, 5.41) is 6.13. The number of rotatable bonds is 2. The monoisotopic (exact) mass is 219 g/mol. The Bertz CT molecular complexity index is 392. The summed E-state index contributed by atoms with van der Waals surface area (Å²) in [6.45, 7) is 4.98. The smallest absolute Gasteiger partial charge is 0.241 e. The van der Waals surface area contributed by atoms with Crippen LogP contribution in [-0.2, 0) is 4.79 Å². The lowest BCUT2D eigenvalue weighted by Gasteiger charge is -2.16. The summed E-state index contributed by atoms with van der Waals surface area (Å²) in [4.78, 5) is 16.0. The highest BCUT2D eigenvalue weighted by atomic mass is 16.2. The number of nitrogens with zero attached hydrogens (tertiary/aromatic N) is 1. The number of carbonyl (C=O) groups is 1. The molecule has 16 heavy (non-hydrogen) atoms. The maximum atomic E-state index is 12.0. The largest absolute Gasteiger partial charge is 0.323 e. The molecule has 0 radical (unpaired) electrons. The Morgan fingerprint density at radius 3 is 3.06 bits per heavy atom. The zero-order valence-electron chi connectivity index (χ0n) is 9.66. The fraction of sp³-hybridized carbons (Fsp3) is 0.500. The maximum absolute atomic E-state index is 12.0. The molecule has 2 atom stereocenters. The van der Waals surface area contributed by atoms with Crippen molar-refractivity contribution in [2.24, 2.45) is 5.92 Å². The summed E-state index contributed by atoms with van der Waals surface area (Å²) in [5.74, 6) is 0.443. The minimum atomic E-state index is -0.0698. The van der Waals surface area contributed by atoms with Gasteiger partial charge in [-0.3, -0.25) is 9.78 Å². The molecule has 86 valence electrons. The van der Waals surface area contributed by atoms with E-state index in [4.69, 9.17) is 0 Å². The highest BCUT2D eigenvalue weighted by molar-refractivity contribution is 5.95. The molecule has 2 N–H and O–H groups in total. The molecular formula is C12H17N3O. The SMILES string of the molecule is Cc1ccncc1NC(=O)C1NCCC1C. The Morgan fingerprint density at radius 1 is 1.62 bits per heavy atom. The number of carbonyl (C=O) groups excluding carboxylic acids is 1. The molecule has 0 saturated carbocycles. The van der Waals surface area contributed by atoms with Crippen molar-refractivity contribution < 1.29 is 4.79 Å². The minimum absolute atomic E-state index is 0.0427. The van der Waals surface area contributed by atoms with Crippen LogP contribution in [0.15, 0.2) is 18.5 Å². The summed E-state index contributed by atoms with van der Waals surface area (Å²) in [6, 6.07) is 1.82. The molecule has 1 saturated heterocycles. The van der Waals surface area contributed by atoms with Gasteiger partial charge in [-0.1, -0.05) is 6.92 Å². The third-order valence-electron chi connectivity index (χ3n) is 3.11. The molecule has 4 heteroatoms. The van der Waals surface area contributed by atoms with Crippen molar-refractivity contribution >= 4 is 11.6 Å². The van der Waals surface area contributed by atoms with Crippen LogP contribution in [0, 0.1) is 12.8 Å². The van der Waals surface area contributed by atoms with Crippen LogP contribution in [-0.4, -0.2) is 23.5 Å². The summed E-state index contributed by atoms with van der Waals surface area (Å²) < 4.78 is 0. The Kier molecular flexibility index (Phi) is 3.19. The molecule has 1 aromatic heterocycles. The average molecular weight is 219 g/mol. The molecule has 1 fully saturated rings. The van der Waals surface area contributed by atoms with Crippen LogP contribution in [0.25, 0.3) is 0 Å². The second-order valence-electron chi connectivity index (χ2n) is 4.38. The van der Waals surface area contributed by atoms with Crippen LogP contribution in [0.4, 0.5) is 5.69 Å². The summed E-state index contributed by atoms with van der Waals surface area (Å²) >= 11 is 0. The first-order valence-corrected chi connectivity index (χ1v) is 5.63. The quantitative estimate of drug-likeness (QED) is 0.789. The zero-order chi connectivity index (χ0) is 11.5. The van der Waals surface area contributed by atoms with Crippen molar-refractivity contribution in [1.82, 2.24) is 10.3 Å². The molecule has 2 rings (SSSR count). The van der Waals surface area contributed by atoms with Crippen molar-refractivity contribution in [1.29, 1.82) is 0 Å². The van der Waals surface area contributed by atoms with Crippen LogP contribution < -0.4 is 10.6 Å². The predicted molar refractivity (Wildman–Crippen MR) is 63.2 cm³/mol. The molecule has 0 aliphatic carbocycles. The molecule has 0 spiro atoms. The van der Waals surface area contributed by atoms with Gasteiger partial charge < -0.3 is 10.6 Å². The first-order valence-electron chi connectivity index (χ1n) is 5.63. The molecule has 2 unspecified atom stereocenters. The Balaban J connectivity index is 2.05. The van der Waals surface area contributed by atoms with E-state index in [1.165, 1.54) is 0 Å². The highest BCUT2D eigenvalue weighted by Crippen LogP contribution is 2.17. The number of aromatic nitrogens is 1. The van der Waals surface area contributed by atoms with Crippen molar-refractivity contribution in [2.45, 2.75) is 26.3 Å². The van der Waals surface area contributed by atoms with Gasteiger partial charge in [-0.15, -0.1) is 0 Å². The van der Waals surface area contributed by atoms with Crippen LogP contribution in [0.5, 0.6) is 0 Å². The number of anilines is 1. The fourth-order valence-electron chi connectivity index (χ4n) is 1.99. The third kappa shape index (κ3) is 2.22. The number of aryl methyl sites for hydroxylation is 1. The maximum Gasteiger partial charge on any atom is 0.241 e. The van der Waals surface area contributed by atoms with E-state index in [0.717, 1.165) is 24.2 Å². The van der Waals surface area contributed by atoms with Crippen molar-refractivity contribution in [3.8, 4) is 0 Å². The van der Waals surface area contributed by atoms with Crippen LogP contribution in [0.1, 0.15) is 18.9 Å². The normalized spacial score (nSPS) is 24.4. The second-order valence-corrected chi connectivity index (χ2v) is 4.38. The fourth-order valence-corrected chi connectivity index (χ4v) is 1.99. The number of pyridine rings is 1. The predicted octanol–water partition coefficient (Wildman–Crippen LogP) is 1.33. The average Bonchev–Trinajstić information content (AvgIpc) is 2.68. The van der Waals surface area contributed by atoms with Gasteiger partial charge in [0.15, 0.2) is 0 Å². The Morgan fingerprint density at radius 2 is 2.44 bits per heavy atom. The summed E-state index contributed by atoms with van der Waals surface area (Å²) in [7, 11) is 0. The molecule has 1 amide bonds. The lowest BCUT2D eigenvalue weighted by Crippen LogP contribution is -2.39. The van der Waals surface area contributed by atoms with Crippen molar-refractivity contribution in [3.05, 3.63) is 24.0 Å². The molecule has 1 aromatic rings. The molecule has 2 heterocycles. The van der Waals surface area contributed by atoms with Crippen LogP contribution >= 0.6 is 0 Å². The van der Waals surface area contributed by atoms with E-state index in [2.05, 4.69) is 22.5 Å². The number of amides is 1. The second kappa shape index (κ2) is 4.61. The van der Waals surface area contributed by atoms with Gasteiger partial charge in [-0.2, -0.15) is 0 Å². The summed E-state index contributed by atoms with van der Waals surface area (Å²) in [6.07, 6.45) is 4.47. The van der Waals surface area contributed by atoms with E-state index in [-0.39, 0.29) is 11.9 Å². The number of hydrogen-bond acceptors (Lipinski definition) is 3. The molecule has 0 bridgehead atoms. The standard InChI is InChI=1S/C12H17N3O/c1-8-3-5-13-7-10(8)15-12(16)11-9(2)4-6-14-11/h3,5,7,9,11,14H,4,6H2,1-2H3,(H,15,16).